The summed E-state index contributed by atoms with van der Waals surface area (Å²) in [6, 6.07) is 21.0. The van der Waals surface area contributed by atoms with Crippen LogP contribution in [0, 0.1) is 10.1 Å². The molecule has 0 unspecified atom stereocenters. The Balaban J connectivity index is 1.89. The van der Waals surface area contributed by atoms with E-state index in [1.165, 1.54) is 30.4 Å². The van der Waals surface area contributed by atoms with Crippen LogP contribution in [0.5, 0.6) is 0 Å². The summed E-state index contributed by atoms with van der Waals surface area (Å²) in [4.78, 5) is 40.9. The number of ketones is 1. The molecule has 7 nitrogen and oxygen atoms in total. The summed E-state index contributed by atoms with van der Waals surface area (Å²) >= 11 is 0. The molecule has 168 valence electrons. The lowest BCUT2D eigenvalue weighted by Gasteiger charge is -2.08. The number of hydrogen-bond donors (Lipinski definition) is 0. The Morgan fingerprint density at radius 1 is 0.853 bits per heavy atom. The van der Waals surface area contributed by atoms with Crippen LogP contribution in [0.25, 0.3) is 11.1 Å². The molecule has 0 aliphatic heterocycles. The van der Waals surface area contributed by atoms with Crippen molar-refractivity contribution in [2.24, 2.45) is 5.16 Å². The van der Waals surface area contributed by atoms with E-state index in [4.69, 9.17) is 4.84 Å². The van der Waals surface area contributed by atoms with Gasteiger partial charge in [0.05, 0.1) is 10.5 Å². The van der Waals surface area contributed by atoms with Crippen LogP contribution in [-0.4, -0.2) is 22.4 Å². The first-order valence-electron chi connectivity index (χ1n) is 10.1. The van der Waals surface area contributed by atoms with Crippen molar-refractivity contribution >= 4 is 23.2 Å². The molecular formula is C27H20N2O5. The van der Waals surface area contributed by atoms with Gasteiger partial charge in [-0.25, -0.2) is 4.79 Å². The number of Topliss-reactive ketones (excluding diaryl/α,β-unsaturated/α-hetero) is 1. The van der Waals surface area contributed by atoms with Crippen LogP contribution in [0.2, 0.25) is 0 Å². The zero-order chi connectivity index (χ0) is 24.5. The number of nitrogens with zero attached hydrogens (tertiary/aromatic N) is 2. The summed E-state index contributed by atoms with van der Waals surface area (Å²) in [5.74, 6) is -1.19. The third kappa shape index (κ3) is 5.66. The molecule has 7 heteroatoms. The first-order valence-corrected chi connectivity index (χ1v) is 10.1. The second-order valence-corrected chi connectivity index (χ2v) is 6.96. The lowest BCUT2D eigenvalue weighted by Crippen LogP contribution is -2.18. The monoisotopic (exact) mass is 452 g/mol. The van der Waals surface area contributed by atoms with E-state index in [1.54, 1.807) is 66.7 Å². The van der Waals surface area contributed by atoms with Crippen LogP contribution in [-0.2, 0) is 4.84 Å². The zero-order valence-electron chi connectivity index (χ0n) is 18.1. The maximum absolute atomic E-state index is 13.2. The van der Waals surface area contributed by atoms with E-state index in [2.05, 4.69) is 18.3 Å². The average molecular weight is 452 g/mol. The number of nitro benzene ring substituents is 1. The van der Waals surface area contributed by atoms with Crippen LogP contribution in [0.15, 0.2) is 121 Å². The molecule has 0 atom stereocenters. The largest absolute Gasteiger partial charge is 0.365 e. The highest BCUT2D eigenvalue weighted by molar-refractivity contribution is 6.52. The van der Waals surface area contributed by atoms with Crippen LogP contribution in [0.1, 0.15) is 20.7 Å². The second kappa shape index (κ2) is 11.1. The molecule has 0 N–H and O–H groups in total. The predicted molar refractivity (Wildman–Crippen MR) is 131 cm³/mol. The third-order valence-electron chi connectivity index (χ3n) is 4.79. The summed E-state index contributed by atoms with van der Waals surface area (Å²) in [5.41, 5.74) is 2.34. The van der Waals surface area contributed by atoms with Crippen LogP contribution in [0.4, 0.5) is 5.69 Å². The number of allylic oxidation sites excluding steroid dienone is 4. The molecule has 0 heterocycles. The fourth-order valence-electron chi connectivity index (χ4n) is 3.04. The van der Waals surface area contributed by atoms with E-state index < -0.39 is 16.7 Å². The summed E-state index contributed by atoms with van der Waals surface area (Å²) in [6.45, 7) is 7.33. The normalized spacial score (nSPS) is 11.4. The minimum absolute atomic E-state index is 0.00703. The van der Waals surface area contributed by atoms with E-state index in [9.17, 15) is 19.7 Å². The van der Waals surface area contributed by atoms with Gasteiger partial charge in [0, 0.05) is 23.3 Å². The van der Waals surface area contributed by atoms with Gasteiger partial charge in [-0.2, -0.15) is 0 Å². The summed E-state index contributed by atoms with van der Waals surface area (Å²) in [6.07, 6.45) is 4.42. The van der Waals surface area contributed by atoms with Crippen molar-refractivity contribution in [2.45, 2.75) is 0 Å². The fourth-order valence-corrected chi connectivity index (χ4v) is 3.04. The molecule has 0 saturated heterocycles. The van der Waals surface area contributed by atoms with Gasteiger partial charge in [-0.3, -0.25) is 14.9 Å². The number of rotatable bonds is 9. The van der Waals surface area contributed by atoms with Crippen LogP contribution < -0.4 is 0 Å². The number of carbonyl (C=O) groups is 2. The standard InChI is InChI=1S/C27H20N2O5/c1-3-8-19(4-2)25(28-34-27(31)23-9-6-5-7-10-23)26(30)22-13-11-20(12-14-22)21-15-17-24(18-16-21)29(32)33/h3-18H,1-2H2/b19-8+,28-25-. The van der Waals surface area contributed by atoms with E-state index in [0.717, 1.165) is 11.1 Å². The van der Waals surface area contributed by atoms with E-state index >= 15 is 0 Å². The minimum Gasteiger partial charge on any atom is -0.312 e. The lowest BCUT2D eigenvalue weighted by atomic mass is 9.97. The number of carbonyl (C=O) groups excluding carboxylic acids is 2. The molecule has 3 aromatic carbocycles. The minimum atomic E-state index is -0.707. The number of benzene rings is 3. The van der Waals surface area contributed by atoms with Crippen molar-refractivity contribution in [3.63, 3.8) is 0 Å². The van der Waals surface area contributed by atoms with E-state index in [1.807, 2.05) is 0 Å². The Morgan fingerprint density at radius 2 is 1.44 bits per heavy atom. The van der Waals surface area contributed by atoms with Gasteiger partial charge in [-0.05, 0) is 35.4 Å². The van der Waals surface area contributed by atoms with Crippen molar-refractivity contribution in [3.05, 3.63) is 137 Å². The maximum Gasteiger partial charge on any atom is 0.365 e. The van der Waals surface area contributed by atoms with Gasteiger partial charge in [0.15, 0.2) is 5.71 Å². The molecule has 0 aromatic heterocycles. The molecule has 34 heavy (non-hydrogen) atoms. The van der Waals surface area contributed by atoms with Crippen LogP contribution >= 0.6 is 0 Å². The van der Waals surface area contributed by atoms with Crippen molar-refractivity contribution < 1.29 is 19.3 Å². The number of hydrogen-bond acceptors (Lipinski definition) is 6. The molecule has 0 bridgehead atoms. The van der Waals surface area contributed by atoms with Crippen molar-refractivity contribution in [1.29, 1.82) is 0 Å². The SMILES string of the molecule is C=C/C=C(C=C)/C(=N/OC(=O)c1ccccc1)C(=O)c1ccc(-c2ccc([N+](=O)[O-])cc2)cc1. The maximum atomic E-state index is 13.2. The van der Waals surface area contributed by atoms with Crippen molar-refractivity contribution in [3.8, 4) is 11.1 Å². The number of non-ortho nitro benzene ring substituents is 1. The fraction of sp³-hybridized carbons (Fsp3) is 0. The van der Waals surface area contributed by atoms with Gasteiger partial charge >= 0.3 is 5.97 Å². The molecule has 0 amide bonds. The van der Waals surface area contributed by atoms with Crippen molar-refractivity contribution in [1.82, 2.24) is 0 Å². The molecule has 0 saturated carbocycles. The Hall–Kier alpha value is -4.91. The van der Waals surface area contributed by atoms with E-state index in [0.29, 0.717) is 16.7 Å². The predicted octanol–water partition coefficient (Wildman–Crippen LogP) is 5.96. The van der Waals surface area contributed by atoms with Crippen molar-refractivity contribution in [2.75, 3.05) is 0 Å². The zero-order valence-corrected chi connectivity index (χ0v) is 18.1. The van der Waals surface area contributed by atoms with Gasteiger partial charge in [-0.15, -0.1) is 0 Å². The lowest BCUT2D eigenvalue weighted by molar-refractivity contribution is -0.384. The summed E-state index contributed by atoms with van der Waals surface area (Å²) in [7, 11) is 0. The highest BCUT2D eigenvalue weighted by Crippen LogP contribution is 2.23. The summed E-state index contributed by atoms with van der Waals surface area (Å²) in [5, 5.41) is 14.7. The molecule has 0 radical (unpaired) electrons. The molecule has 0 fully saturated rings. The quantitative estimate of drug-likeness (QED) is 0.0997. The number of oxime groups is 1. The summed E-state index contributed by atoms with van der Waals surface area (Å²) < 4.78 is 0. The number of nitro groups is 1. The first kappa shape index (κ1) is 23.7. The Kier molecular flexibility index (Phi) is 7.75. The topological polar surface area (TPSA) is 98.9 Å². The molecule has 0 spiro atoms. The van der Waals surface area contributed by atoms with Crippen LogP contribution in [0.3, 0.4) is 0 Å². The van der Waals surface area contributed by atoms with Gasteiger partial charge < -0.3 is 4.84 Å². The Morgan fingerprint density at radius 3 is 1.97 bits per heavy atom. The molecular weight excluding hydrogens is 432 g/mol. The molecule has 3 rings (SSSR count). The van der Waals surface area contributed by atoms with E-state index in [-0.39, 0.29) is 11.4 Å². The molecule has 3 aromatic rings. The highest BCUT2D eigenvalue weighted by Gasteiger charge is 2.19. The van der Waals surface area contributed by atoms with Gasteiger partial charge in [0.25, 0.3) is 5.69 Å². The van der Waals surface area contributed by atoms with Gasteiger partial charge in [0.1, 0.15) is 0 Å². The Labute approximate surface area is 196 Å². The second-order valence-electron chi connectivity index (χ2n) is 6.96. The first-order chi connectivity index (χ1) is 16.4. The molecule has 0 aliphatic carbocycles. The van der Waals surface area contributed by atoms with Gasteiger partial charge in [0.2, 0.25) is 5.78 Å². The highest BCUT2D eigenvalue weighted by atomic mass is 16.7. The third-order valence-corrected chi connectivity index (χ3v) is 4.79. The molecule has 0 aliphatic rings. The average Bonchev–Trinajstić information content (AvgIpc) is 2.88. The smallest absolute Gasteiger partial charge is 0.312 e. The Bertz CT molecular complexity index is 1290. The van der Waals surface area contributed by atoms with Gasteiger partial charge in [-0.1, -0.05) is 79.0 Å².